The van der Waals surface area contributed by atoms with Crippen molar-refractivity contribution in [1.29, 1.82) is 0 Å². The number of alkyl halides is 1. The van der Waals surface area contributed by atoms with Crippen LogP contribution in [0, 0.1) is 11.6 Å². The van der Waals surface area contributed by atoms with Crippen LogP contribution in [0.15, 0.2) is 36.4 Å². The molecule has 0 heterocycles. The number of hydrogen-bond donors (Lipinski definition) is 0. The van der Waals surface area contributed by atoms with E-state index in [-0.39, 0.29) is 5.56 Å². The normalized spacial score (nSPS) is 12.5. The van der Waals surface area contributed by atoms with Gasteiger partial charge >= 0.3 is 0 Å². The average Bonchev–Trinajstić information content (AvgIpc) is 2.26. The Morgan fingerprint density at radius 3 is 2.06 bits per heavy atom. The summed E-state index contributed by atoms with van der Waals surface area (Å²) in [5, 5.41) is 0.0399. The molecular formula is C13H7Cl3F2. The molecule has 0 saturated carbocycles. The Balaban J connectivity index is 2.44. The van der Waals surface area contributed by atoms with Crippen molar-refractivity contribution < 1.29 is 8.78 Å². The molecule has 94 valence electrons. The van der Waals surface area contributed by atoms with E-state index >= 15 is 0 Å². The van der Waals surface area contributed by atoms with Gasteiger partial charge in [0, 0.05) is 21.7 Å². The van der Waals surface area contributed by atoms with E-state index in [1.54, 1.807) is 18.2 Å². The lowest BCUT2D eigenvalue weighted by Gasteiger charge is -2.12. The van der Waals surface area contributed by atoms with E-state index in [2.05, 4.69) is 0 Å². The van der Waals surface area contributed by atoms with Crippen LogP contribution in [-0.4, -0.2) is 0 Å². The minimum atomic E-state index is -0.776. The third kappa shape index (κ3) is 2.94. The lowest BCUT2D eigenvalue weighted by molar-refractivity contribution is 0.573. The lowest BCUT2D eigenvalue weighted by Crippen LogP contribution is -1.98. The van der Waals surface area contributed by atoms with Gasteiger partial charge in [0.1, 0.15) is 11.6 Å². The molecular weight excluding hydrogens is 300 g/mol. The van der Waals surface area contributed by atoms with E-state index in [1.165, 1.54) is 6.07 Å². The largest absolute Gasteiger partial charge is 0.207 e. The monoisotopic (exact) mass is 306 g/mol. The van der Waals surface area contributed by atoms with E-state index in [4.69, 9.17) is 34.8 Å². The summed E-state index contributed by atoms with van der Waals surface area (Å²) in [5.74, 6) is -1.35. The van der Waals surface area contributed by atoms with Gasteiger partial charge in [-0.3, -0.25) is 0 Å². The molecule has 0 saturated heterocycles. The Labute approximate surface area is 118 Å². The number of benzene rings is 2. The molecule has 18 heavy (non-hydrogen) atoms. The van der Waals surface area contributed by atoms with Gasteiger partial charge in [-0.15, -0.1) is 11.6 Å². The van der Waals surface area contributed by atoms with Crippen LogP contribution >= 0.6 is 34.8 Å². The molecule has 0 aliphatic rings. The summed E-state index contributed by atoms with van der Waals surface area (Å²) < 4.78 is 26.4. The fourth-order valence-corrected chi connectivity index (χ4v) is 2.45. The summed E-state index contributed by atoms with van der Waals surface area (Å²) in [7, 11) is 0. The Kier molecular flexibility index (Phi) is 4.10. The second kappa shape index (κ2) is 5.43. The van der Waals surface area contributed by atoms with Crippen molar-refractivity contribution in [3.8, 4) is 0 Å². The molecule has 2 rings (SSSR count). The zero-order valence-electron chi connectivity index (χ0n) is 8.93. The van der Waals surface area contributed by atoms with Crippen molar-refractivity contribution >= 4 is 34.8 Å². The van der Waals surface area contributed by atoms with E-state index in [9.17, 15) is 8.78 Å². The van der Waals surface area contributed by atoms with Crippen molar-refractivity contribution in [3.63, 3.8) is 0 Å². The highest BCUT2D eigenvalue weighted by Gasteiger charge is 2.16. The maximum Gasteiger partial charge on any atom is 0.131 e. The van der Waals surface area contributed by atoms with Crippen LogP contribution in [0.4, 0.5) is 8.78 Å². The van der Waals surface area contributed by atoms with Gasteiger partial charge in [-0.25, -0.2) is 8.78 Å². The van der Waals surface area contributed by atoms with Gasteiger partial charge in [0.05, 0.1) is 5.38 Å². The first-order chi connectivity index (χ1) is 8.47. The van der Waals surface area contributed by atoms with Gasteiger partial charge in [0.25, 0.3) is 0 Å². The molecule has 0 fully saturated rings. The summed E-state index contributed by atoms with van der Waals surface area (Å²) in [6.45, 7) is 0. The molecule has 0 nitrogen and oxygen atoms in total. The molecule has 1 unspecified atom stereocenters. The van der Waals surface area contributed by atoms with Crippen LogP contribution in [0.25, 0.3) is 0 Å². The summed E-state index contributed by atoms with van der Waals surface area (Å²) in [6, 6.07) is 7.98. The molecule has 0 spiro atoms. The molecule has 1 atom stereocenters. The first-order valence-electron chi connectivity index (χ1n) is 5.02. The predicted octanol–water partition coefficient (Wildman–Crippen LogP) is 5.60. The Bertz CT molecular complexity index is 564. The second-order valence-electron chi connectivity index (χ2n) is 3.73. The smallest absolute Gasteiger partial charge is 0.131 e. The summed E-state index contributed by atoms with van der Waals surface area (Å²) in [6.07, 6.45) is 0. The molecule has 0 N–H and O–H groups in total. The second-order valence-corrected chi connectivity index (χ2v) is 5.04. The zero-order chi connectivity index (χ0) is 13.3. The minimum Gasteiger partial charge on any atom is -0.207 e. The maximum absolute atomic E-state index is 13.6. The van der Waals surface area contributed by atoms with E-state index in [1.807, 2.05) is 0 Å². The number of hydrogen-bond acceptors (Lipinski definition) is 0. The van der Waals surface area contributed by atoms with Crippen LogP contribution in [0.1, 0.15) is 16.5 Å². The molecule has 0 bridgehead atoms. The number of halogens is 5. The van der Waals surface area contributed by atoms with Crippen molar-refractivity contribution in [2.24, 2.45) is 0 Å². The van der Waals surface area contributed by atoms with E-state index in [0.29, 0.717) is 15.6 Å². The van der Waals surface area contributed by atoms with Crippen LogP contribution in [0.5, 0.6) is 0 Å². The highest BCUT2D eigenvalue weighted by molar-refractivity contribution is 6.35. The third-order valence-corrected chi connectivity index (χ3v) is 3.34. The van der Waals surface area contributed by atoms with Gasteiger partial charge in [-0.1, -0.05) is 29.3 Å². The molecule has 0 aliphatic heterocycles. The van der Waals surface area contributed by atoms with Gasteiger partial charge in [-0.05, 0) is 29.8 Å². The van der Waals surface area contributed by atoms with Gasteiger partial charge < -0.3 is 0 Å². The summed E-state index contributed by atoms with van der Waals surface area (Å²) >= 11 is 17.9. The van der Waals surface area contributed by atoms with Gasteiger partial charge in [-0.2, -0.15) is 0 Å². The third-order valence-electron chi connectivity index (χ3n) is 2.41. The van der Waals surface area contributed by atoms with Crippen molar-refractivity contribution in [2.45, 2.75) is 5.38 Å². The quantitative estimate of drug-likeness (QED) is 0.633. The average molecular weight is 308 g/mol. The zero-order valence-corrected chi connectivity index (χ0v) is 11.2. The maximum atomic E-state index is 13.6. The van der Waals surface area contributed by atoms with E-state index < -0.39 is 17.0 Å². The van der Waals surface area contributed by atoms with Crippen LogP contribution in [0.3, 0.4) is 0 Å². The minimum absolute atomic E-state index is 0.177. The Morgan fingerprint density at radius 2 is 1.50 bits per heavy atom. The summed E-state index contributed by atoms with van der Waals surface area (Å²) in [5.41, 5.74) is 0.732. The molecule has 0 radical (unpaired) electrons. The van der Waals surface area contributed by atoms with Crippen LogP contribution < -0.4 is 0 Å². The predicted molar refractivity (Wildman–Crippen MR) is 70.5 cm³/mol. The molecule has 2 aromatic carbocycles. The lowest BCUT2D eigenvalue weighted by atomic mass is 10.0. The van der Waals surface area contributed by atoms with Crippen LogP contribution in [0.2, 0.25) is 10.0 Å². The fourth-order valence-electron chi connectivity index (χ4n) is 1.61. The molecule has 0 aliphatic carbocycles. The Hall–Kier alpha value is -0.830. The first-order valence-corrected chi connectivity index (χ1v) is 6.21. The first kappa shape index (κ1) is 13.6. The topological polar surface area (TPSA) is 0 Å². The highest BCUT2D eigenvalue weighted by atomic mass is 35.5. The van der Waals surface area contributed by atoms with Gasteiger partial charge in [0.2, 0.25) is 0 Å². The van der Waals surface area contributed by atoms with Gasteiger partial charge in [0.15, 0.2) is 0 Å². The van der Waals surface area contributed by atoms with E-state index in [0.717, 1.165) is 12.1 Å². The Morgan fingerprint density at radius 1 is 0.889 bits per heavy atom. The molecule has 0 aromatic heterocycles. The molecule has 2 aromatic rings. The molecule has 5 heteroatoms. The SMILES string of the molecule is Fc1ccc(C(Cl)c2cc(Cl)cc(Cl)c2)c(F)c1. The van der Waals surface area contributed by atoms with Crippen molar-refractivity contribution in [1.82, 2.24) is 0 Å². The molecule has 0 amide bonds. The van der Waals surface area contributed by atoms with Crippen molar-refractivity contribution in [2.75, 3.05) is 0 Å². The summed E-state index contributed by atoms with van der Waals surface area (Å²) in [4.78, 5) is 0. The van der Waals surface area contributed by atoms with Crippen LogP contribution in [-0.2, 0) is 0 Å². The van der Waals surface area contributed by atoms with Crippen molar-refractivity contribution in [3.05, 3.63) is 69.2 Å². The number of rotatable bonds is 2. The standard InChI is InChI=1S/C13H7Cl3F2/c14-8-3-7(4-9(15)5-8)13(16)11-2-1-10(17)6-12(11)18/h1-6,13H. The highest BCUT2D eigenvalue weighted by Crippen LogP contribution is 2.33. The fraction of sp³-hybridized carbons (Fsp3) is 0.0769.